The van der Waals surface area contributed by atoms with E-state index in [0.717, 1.165) is 11.3 Å². The van der Waals surface area contributed by atoms with E-state index in [1.807, 2.05) is 25.1 Å². The highest BCUT2D eigenvalue weighted by molar-refractivity contribution is 6.36. The number of non-ortho nitro benzene ring substituents is 1. The van der Waals surface area contributed by atoms with Crippen LogP contribution in [0.25, 0.3) is 10.9 Å². The number of nitro benzene ring substituents is 1. The normalized spacial score (nSPS) is 13.5. The van der Waals surface area contributed by atoms with Gasteiger partial charge in [0.05, 0.1) is 33.6 Å². The second kappa shape index (κ2) is 6.27. The van der Waals surface area contributed by atoms with Crippen LogP contribution in [0.15, 0.2) is 53.4 Å². The molecule has 0 aliphatic carbocycles. The lowest BCUT2D eigenvalue weighted by molar-refractivity contribution is -0.383. The maximum Gasteiger partial charge on any atom is 0.295 e. The minimum Gasteiger partial charge on any atom is -0.359 e. The van der Waals surface area contributed by atoms with Crippen molar-refractivity contribution in [2.45, 2.75) is 13.3 Å². The van der Waals surface area contributed by atoms with E-state index < -0.39 is 4.92 Å². The Kier molecular flexibility index (Phi) is 3.93. The lowest BCUT2D eigenvalue weighted by Crippen LogP contribution is -2.07. The Balaban J connectivity index is 2.08. The largest absolute Gasteiger partial charge is 0.359 e. The van der Waals surface area contributed by atoms with Gasteiger partial charge in [0.2, 0.25) is 0 Å². The van der Waals surface area contributed by atoms with Gasteiger partial charge in [0.25, 0.3) is 5.69 Å². The number of aliphatic imine (C=N–C) groups is 1. The molecule has 0 amide bonds. The Bertz CT molecular complexity index is 1100. The van der Waals surface area contributed by atoms with E-state index in [0.29, 0.717) is 39.3 Å². The summed E-state index contributed by atoms with van der Waals surface area (Å²) in [6.07, 6.45) is 4.08. The second-order valence-electron chi connectivity index (χ2n) is 5.81. The van der Waals surface area contributed by atoms with E-state index in [4.69, 9.17) is 16.6 Å². The predicted molar refractivity (Wildman–Crippen MR) is 102 cm³/mol. The van der Waals surface area contributed by atoms with Crippen molar-refractivity contribution in [3.8, 4) is 0 Å². The average molecular weight is 368 g/mol. The van der Waals surface area contributed by atoms with Gasteiger partial charge in [-0.05, 0) is 12.5 Å². The molecule has 0 unspecified atom stereocenters. The molecule has 0 fully saturated rings. The average Bonchev–Trinajstić information content (AvgIpc) is 3.04. The van der Waals surface area contributed by atoms with Crippen LogP contribution in [0, 0.1) is 10.1 Å². The molecular weight excluding hydrogens is 354 g/mol. The van der Waals surface area contributed by atoms with Gasteiger partial charge in [-0.3, -0.25) is 20.2 Å². The molecule has 2 aromatic carbocycles. The summed E-state index contributed by atoms with van der Waals surface area (Å²) in [5.74, 6) is 0. The number of anilines is 1. The summed E-state index contributed by atoms with van der Waals surface area (Å²) in [7, 11) is 0. The minimum atomic E-state index is -0.427. The van der Waals surface area contributed by atoms with E-state index in [-0.39, 0.29) is 5.69 Å². The summed E-state index contributed by atoms with van der Waals surface area (Å²) in [5.41, 5.74) is 3.76. The third-order valence-corrected chi connectivity index (χ3v) is 4.63. The molecule has 130 valence electrons. The van der Waals surface area contributed by atoms with Crippen molar-refractivity contribution < 1.29 is 4.92 Å². The summed E-state index contributed by atoms with van der Waals surface area (Å²) in [4.78, 5) is 15.9. The fourth-order valence-corrected chi connectivity index (χ4v) is 3.24. The first-order chi connectivity index (χ1) is 12.6. The summed E-state index contributed by atoms with van der Waals surface area (Å²) in [5, 5.41) is 22.7. The molecule has 0 saturated heterocycles. The maximum atomic E-state index is 11.6. The highest BCUT2D eigenvalue weighted by Crippen LogP contribution is 2.37. The van der Waals surface area contributed by atoms with Crippen LogP contribution in [0.3, 0.4) is 0 Å². The van der Waals surface area contributed by atoms with Crippen molar-refractivity contribution in [1.82, 2.24) is 10.2 Å². The van der Waals surface area contributed by atoms with Crippen LogP contribution < -0.4 is 5.32 Å². The predicted octanol–water partition coefficient (Wildman–Crippen LogP) is 4.64. The number of allylic oxidation sites excluding steroid dienone is 1. The lowest BCUT2D eigenvalue weighted by Gasteiger charge is -2.12. The molecule has 1 aliphatic rings. The molecule has 0 bridgehead atoms. The van der Waals surface area contributed by atoms with Gasteiger partial charge in [-0.15, -0.1) is 0 Å². The Labute approximate surface area is 153 Å². The highest BCUT2D eigenvalue weighted by atomic mass is 35.5. The zero-order valence-electron chi connectivity index (χ0n) is 13.8. The molecule has 0 atom stereocenters. The Hall–Kier alpha value is -3.19. The van der Waals surface area contributed by atoms with E-state index in [2.05, 4.69) is 15.5 Å². The van der Waals surface area contributed by atoms with Crippen molar-refractivity contribution in [3.05, 3.63) is 74.7 Å². The van der Waals surface area contributed by atoms with Crippen LogP contribution in [0.5, 0.6) is 0 Å². The number of aromatic nitrogens is 2. The molecule has 1 aliphatic heterocycles. The third kappa shape index (κ3) is 2.53. The lowest BCUT2D eigenvalue weighted by atomic mass is 9.97. The van der Waals surface area contributed by atoms with E-state index in [1.165, 1.54) is 6.07 Å². The molecule has 0 radical (unpaired) electrons. The first-order valence-electron chi connectivity index (χ1n) is 8.04. The molecular formula is C18H14ClN5O2. The highest BCUT2D eigenvalue weighted by Gasteiger charge is 2.25. The van der Waals surface area contributed by atoms with Crippen molar-refractivity contribution in [3.63, 3.8) is 0 Å². The minimum absolute atomic E-state index is 0.0576. The third-order valence-electron chi connectivity index (χ3n) is 4.30. The topological polar surface area (TPSA) is 96.2 Å². The first kappa shape index (κ1) is 16.3. The molecule has 0 saturated carbocycles. The zero-order chi connectivity index (χ0) is 18.3. The number of nitro groups is 1. The van der Waals surface area contributed by atoms with Gasteiger partial charge in [0.1, 0.15) is 5.52 Å². The number of aromatic amines is 1. The molecule has 26 heavy (non-hydrogen) atoms. The van der Waals surface area contributed by atoms with Gasteiger partial charge in [-0.1, -0.05) is 36.7 Å². The van der Waals surface area contributed by atoms with Crippen molar-refractivity contribution >= 4 is 39.6 Å². The van der Waals surface area contributed by atoms with E-state index in [1.54, 1.807) is 18.5 Å². The van der Waals surface area contributed by atoms with Crippen molar-refractivity contribution in [2.75, 3.05) is 5.32 Å². The van der Waals surface area contributed by atoms with Crippen LogP contribution in [0.1, 0.15) is 24.5 Å². The molecule has 4 rings (SSSR count). The molecule has 0 spiro atoms. The standard InChI is InChI=1S/C18H14ClN5O2/c1-2-10-8-20-16-12(17(22-10)11-5-3-4-6-14(11)19)7-15(24(25)26)18-13(16)9-21-23-18/h3-9,20H,2H2,1H3,(H,21,23). The van der Waals surface area contributed by atoms with Gasteiger partial charge in [-0.25, -0.2) is 0 Å². The number of nitrogens with one attached hydrogen (secondary N) is 2. The number of nitrogens with zero attached hydrogens (tertiary/aromatic N) is 3. The SMILES string of the molecule is CCC1=CNc2c(cc([N+](=O)[O-])c3[nH]ncc23)C(c2ccccc2Cl)=N1. The first-order valence-corrected chi connectivity index (χ1v) is 8.42. The number of H-pyrrole nitrogens is 1. The van der Waals surface area contributed by atoms with Gasteiger partial charge in [0.15, 0.2) is 0 Å². The Morgan fingerprint density at radius 2 is 2.08 bits per heavy atom. The number of fused-ring (bicyclic) bond motifs is 3. The molecule has 7 nitrogen and oxygen atoms in total. The number of hydrogen-bond donors (Lipinski definition) is 2. The Morgan fingerprint density at radius 1 is 1.27 bits per heavy atom. The Morgan fingerprint density at radius 3 is 2.81 bits per heavy atom. The fraction of sp³-hybridized carbons (Fsp3) is 0.111. The quantitative estimate of drug-likeness (QED) is 0.520. The number of halogens is 1. The number of benzene rings is 2. The summed E-state index contributed by atoms with van der Waals surface area (Å²) >= 11 is 6.39. The molecule has 1 aromatic heterocycles. The maximum absolute atomic E-state index is 11.6. The van der Waals surface area contributed by atoms with Crippen LogP contribution in [-0.4, -0.2) is 20.8 Å². The number of rotatable bonds is 3. The molecule has 2 heterocycles. The summed E-state index contributed by atoms with van der Waals surface area (Å²) < 4.78 is 0. The van der Waals surface area contributed by atoms with E-state index >= 15 is 0 Å². The van der Waals surface area contributed by atoms with Crippen LogP contribution >= 0.6 is 11.6 Å². The monoisotopic (exact) mass is 367 g/mol. The van der Waals surface area contributed by atoms with Crippen LogP contribution in [0.2, 0.25) is 5.02 Å². The van der Waals surface area contributed by atoms with Gasteiger partial charge in [-0.2, -0.15) is 5.10 Å². The van der Waals surface area contributed by atoms with Crippen molar-refractivity contribution in [1.29, 1.82) is 0 Å². The fourth-order valence-electron chi connectivity index (χ4n) is 3.01. The molecule has 3 aromatic rings. The summed E-state index contributed by atoms with van der Waals surface area (Å²) in [6, 6.07) is 8.84. The van der Waals surface area contributed by atoms with Gasteiger partial charge >= 0.3 is 0 Å². The molecule has 8 heteroatoms. The zero-order valence-corrected chi connectivity index (χ0v) is 14.5. The number of hydrogen-bond acceptors (Lipinski definition) is 5. The van der Waals surface area contributed by atoms with E-state index in [9.17, 15) is 10.1 Å². The molecule has 2 N–H and O–H groups in total. The van der Waals surface area contributed by atoms with Gasteiger partial charge in [0, 0.05) is 28.4 Å². The van der Waals surface area contributed by atoms with Gasteiger partial charge < -0.3 is 5.32 Å². The summed E-state index contributed by atoms with van der Waals surface area (Å²) in [6.45, 7) is 1.99. The smallest absolute Gasteiger partial charge is 0.295 e. The van der Waals surface area contributed by atoms with Crippen LogP contribution in [0.4, 0.5) is 11.4 Å². The van der Waals surface area contributed by atoms with Crippen molar-refractivity contribution in [2.24, 2.45) is 4.99 Å². The second-order valence-corrected chi connectivity index (χ2v) is 6.22. The van der Waals surface area contributed by atoms with Crippen LogP contribution in [-0.2, 0) is 0 Å².